The quantitative estimate of drug-likeness (QED) is 0.292. The molecule has 0 aliphatic rings. The monoisotopic (exact) mass is 457 g/mol. The van der Waals surface area contributed by atoms with Gasteiger partial charge in [0, 0.05) is 29.5 Å². The molecule has 33 heavy (non-hydrogen) atoms. The molecule has 1 heterocycles. The Hall–Kier alpha value is -4.04. The van der Waals surface area contributed by atoms with Gasteiger partial charge in [-0.25, -0.2) is 8.42 Å². The van der Waals surface area contributed by atoms with Gasteiger partial charge in [-0.05, 0) is 66.3 Å². The lowest BCUT2D eigenvalue weighted by atomic mass is 10.0. The summed E-state index contributed by atoms with van der Waals surface area (Å²) in [5.74, 6) is -0.232. The number of anilines is 1. The molecule has 7 nitrogen and oxygen atoms in total. The summed E-state index contributed by atoms with van der Waals surface area (Å²) < 4.78 is 28.9. The molecule has 0 aliphatic heterocycles. The van der Waals surface area contributed by atoms with E-state index in [9.17, 15) is 13.2 Å². The van der Waals surface area contributed by atoms with Crippen LogP contribution >= 0.6 is 0 Å². The van der Waals surface area contributed by atoms with Crippen LogP contribution in [-0.4, -0.2) is 24.2 Å². The Bertz CT molecular complexity index is 1440. The number of carbonyl (C=O) groups excluding carboxylic acids is 1. The highest BCUT2D eigenvalue weighted by Crippen LogP contribution is 2.26. The lowest BCUT2D eigenvalue weighted by Gasteiger charge is -2.15. The van der Waals surface area contributed by atoms with Crippen LogP contribution in [0.15, 0.2) is 90.0 Å². The largest absolute Gasteiger partial charge is 0.363 e. The number of aryl methyl sites for hydroxylation is 2. The number of ketones is 1. The minimum Gasteiger partial charge on any atom is -0.363 e. The molecule has 0 amide bonds. The minimum atomic E-state index is -3.95. The third kappa shape index (κ3) is 5.42. The third-order valence-corrected chi connectivity index (χ3v) is 6.11. The molecule has 166 valence electrons. The fourth-order valence-corrected chi connectivity index (χ4v) is 4.17. The number of nitrogens with one attached hydrogen (secondary N) is 1. The van der Waals surface area contributed by atoms with Crippen molar-refractivity contribution in [3.8, 4) is 0 Å². The maximum absolute atomic E-state index is 12.6. The van der Waals surface area contributed by atoms with E-state index in [2.05, 4.69) is 20.0 Å². The van der Waals surface area contributed by atoms with Crippen molar-refractivity contribution in [3.05, 3.63) is 107 Å². The van der Waals surface area contributed by atoms with Crippen LogP contribution in [-0.2, 0) is 10.0 Å². The van der Waals surface area contributed by atoms with Crippen LogP contribution in [0.3, 0.4) is 0 Å². The number of hydrogen-bond acceptors (Lipinski definition) is 6. The first-order valence-corrected chi connectivity index (χ1v) is 11.6. The fourth-order valence-electron chi connectivity index (χ4n) is 3.28. The molecule has 3 aromatic carbocycles. The highest BCUT2D eigenvalue weighted by Gasteiger charge is 2.12. The summed E-state index contributed by atoms with van der Waals surface area (Å²) in [7, 11) is -3.95. The van der Waals surface area contributed by atoms with Crippen molar-refractivity contribution >= 4 is 38.2 Å². The molecule has 0 aliphatic carbocycles. The van der Waals surface area contributed by atoms with Gasteiger partial charge in [-0.2, -0.15) is 0 Å². The number of fused-ring (bicyclic) bond motifs is 1. The second kappa shape index (κ2) is 9.22. The van der Waals surface area contributed by atoms with E-state index < -0.39 is 10.0 Å². The SMILES string of the molecule is Cc1cc(C)nc([N-]S(=O)(=O)c2ccc(N/C=C/C(=O)c3ccc4ccccc4c3)cc2)n1. The zero-order chi connectivity index (χ0) is 23.4. The van der Waals surface area contributed by atoms with Crippen LogP contribution in [0.1, 0.15) is 21.7 Å². The van der Waals surface area contributed by atoms with E-state index in [1.807, 2.05) is 36.4 Å². The number of nitrogens with zero attached hydrogens (tertiary/aromatic N) is 3. The second-order valence-corrected chi connectivity index (χ2v) is 9.05. The molecule has 4 aromatic rings. The van der Waals surface area contributed by atoms with Gasteiger partial charge in [-0.15, -0.1) is 0 Å². The lowest BCUT2D eigenvalue weighted by molar-refractivity contribution is 0.104. The van der Waals surface area contributed by atoms with E-state index in [4.69, 9.17) is 0 Å². The van der Waals surface area contributed by atoms with Gasteiger partial charge in [-0.1, -0.05) is 42.5 Å². The van der Waals surface area contributed by atoms with Gasteiger partial charge in [0.25, 0.3) is 0 Å². The van der Waals surface area contributed by atoms with Gasteiger partial charge in [0.2, 0.25) is 10.0 Å². The molecule has 0 saturated carbocycles. The summed E-state index contributed by atoms with van der Waals surface area (Å²) in [5.41, 5.74) is 2.49. The predicted octanol–water partition coefficient (Wildman–Crippen LogP) is 5.45. The molecule has 0 saturated heterocycles. The molecule has 0 bridgehead atoms. The molecular formula is C25H21N4O3S-. The number of sulfonamides is 1. The van der Waals surface area contributed by atoms with Crippen LogP contribution in [0.4, 0.5) is 11.6 Å². The standard InChI is InChI=1S/C25H22N4O3S/c1-17-15-18(2)28-25(27-17)29-33(31,32)23-11-9-22(10-12-23)26-14-13-24(30)21-8-7-19-5-3-4-6-20(19)16-21/h3-16H,1-2H3,(H2,26,27,28,29,30)/p-1. The molecule has 4 rings (SSSR count). The van der Waals surface area contributed by atoms with Crippen LogP contribution in [0.25, 0.3) is 15.5 Å². The summed E-state index contributed by atoms with van der Waals surface area (Å²) in [6.45, 7) is 3.50. The predicted molar refractivity (Wildman–Crippen MR) is 129 cm³/mol. The summed E-state index contributed by atoms with van der Waals surface area (Å²) >= 11 is 0. The molecule has 0 radical (unpaired) electrons. The van der Waals surface area contributed by atoms with Gasteiger partial charge in [0.15, 0.2) is 5.78 Å². The fraction of sp³-hybridized carbons (Fsp3) is 0.0800. The highest BCUT2D eigenvalue weighted by molar-refractivity contribution is 7.94. The van der Waals surface area contributed by atoms with Crippen molar-refractivity contribution < 1.29 is 13.2 Å². The summed E-state index contributed by atoms with van der Waals surface area (Å²) in [6, 6.07) is 21.2. The summed E-state index contributed by atoms with van der Waals surface area (Å²) in [5, 5.41) is 5.04. The third-order valence-electron chi connectivity index (χ3n) is 4.84. The Balaban J connectivity index is 1.41. The number of allylic oxidation sites excluding steroid dienone is 1. The van der Waals surface area contributed by atoms with Crippen molar-refractivity contribution in [2.75, 3.05) is 5.32 Å². The van der Waals surface area contributed by atoms with Crippen LogP contribution < -0.4 is 5.32 Å². The van der Waals surface area contributed by atoms with Gasteiger partial charge in [0.1, 0.15) is 0 Å². The van der Waals surface area contributed by atoms with Crippen molar-refractivity contribution in [2.45, 2.75) is 18.7 Å². The van der Waals surface area contributed by atoms with E-state index in [-0.39, 0.29) is 16.6 Å². The molecule has 0 fully saturated rings. The second-order valence-electron chi connectivity index (χ2n) is 7.45. The average molecular weight is 458 g/mol. The summed E-state index contributed by atoms with van der Waals surface area (Å²) in [4.78, 5) is 20.6. The first-order valence-electron chi connectivity index (χ1n) is 10.2. The smallest absolute Gasteiger partial charge is 0.229 e. The first kappa shape index (κ1) is 22.2. The zero-order valence-electron chi connectivity index (χ0n) is 18.1. The van der Waals surface area contributed by atoms with Crippen molar-refractivity contribution in [1.29, 1.82) is 0 Å². The summed E-state index contributed by atoms with van der Waals surface area (Å²) in [6.07, 6.45) is 2.95. The molecule has 0 unspecified atom stereocenters. The molecular weight excluding hydrogens is 436 g/mol. The van der Waals surface area contributed by atoms with Crippen LogP contribution in [0.2, 0.25) is 0 Å². The molecule has 1 aromatic heterocycles. The van der Waals surface area contributed by atoms with Crippen LogP contribution in [0, 0.1) is 13.8 Å². The van der Waals surface area contributed by atoms with E-state index >= 15 is 0 Å². The Labute approximate surface area is 192 Å². The van der Waals surface area contributed by atoms with Crippen LogP contribution in [0.5, 0.6) is 0 Å². The van der Waals surface area contributed by atoms with E-state index in [1.54, 1.807) is 38.1 Å². The number of hydrogen-bond donors (Lipinski definition) is 1. The number of carbonyl (C=O) groups is 1. The Morgan fingerprint density at radius 1 is 0.879 bits per heavy atom. The average Bonchev–Trinajstić information content (AvgIpc) is 2.78. The maximum Gasteiger partial charge on any atom is 0.229 e. The number of benzene rings is 3. The topological polar surface area (TPSA) is 103 Å². The highest BCUT2D eigenvalue weighted by atomic mass is 32.2. The molecule has 0 spiro atoms. The Kier molecular flexibility index (Phi) is 6.19. The van der Waals surface area contributed by atoms with Crippen molar-refractivity contribution in [3.63, 3.8) is 0 Å². The minimum absolute atomic E-state index is 0.0204. The van der Waals surface area contributed by atoms with Gasteiger partial charge in [-0.3, -0.25) is 9.52 Å². The van der Waals surface area contributed by atoms with Gasteiger partial charge < -0.3 is 15.3 Å². The normalized spacial score (nSPS) is 11.6. The molecule has 0 atom stereocenters. The lowest BCUT2D eigenvalue weighted by Crippen LogP contribution is -2.01. The number of rotatable bonds is 7. The van der Waals surface area contributed by atoms with E-state index in [0.29, 0.717) is 22.6 Å². The van der Waals surface area contributed by atoms with Gasteiger partial charge >= 0.3 is 0 Å². The zero-order valence-corrected chi connectivity index (χ0v) is 18.9. The van der Waals surface area contributed by atoms with Gasteiger partial charge in [0.05, 0.1) is 4.90 Å². The van der Waals surface area contributed by atoms with Crippen molar-refractivity contribution in [2.24, 2.45) is 0 Å². The molecule has 1 N–H and O–H groups in total. The number of aromatic nitrogens is 2. The van der Waals surface area contributed by atoms with Crippen molar-refractivity contribution in [1.82, 2.24) is 9.97 Å². The molecule has 8 heteroatoms. The van der Waals surface area contributed by atoms with E-state index in [0.717, 1.165) is 10.8 Å². The van der Waals surface area contributed by atoms with E-state index in [1.165, 1.54) is 24.4 Å². The first-order chi connectivity index (χ1) is 15.8. The maximum atomic E-state index is 12.6. The Morgan fingerprint density at radius 2 is 1.55 bits per heavy atom. The Morgan fingerprint density at radius 3 is 2.24 bits per heavy atom.